The van der Waals surface area contributed by atoms with E-state index in [9.17, 15) is 0 Å². The highest BCUT2D eigenvalue weighted by atomic mass is 35.5. The van der Waals surface area contributed by atoms with Crippen LogP contribution in [0.4, 0.5) is 5.69 Å². The van der Waals surface area contributed by atoms with Crippen LogP contribution in [0, 0.1) is 0 Å². The van der Waals surface area contributed by atoms with Gasteiger partial charge in [0, 0.05) is 19.6 Å². The third-order valence-electron chi connectivity index (χ3n) is 3.73. The Kier molecular flexibility index (Phi) is 4.60. The number of rotatable bonds is 2. The summed E-state index contributed by atoms with van der Waals surface area (Å²) in [5, 5.41) is 5.08. The summed E-state index contributed by atoms with van der Waals surface area (Å²) in [5.74, 6) is 0. The molecule has 0 bridgehead atoms. The number of halogens is 3. The fourth-order valence-corrected chi connectivity index (χ4v) is 3.35. The fraction of sp³-hybridized carbons (Fsp3) is 0.250. The molecule has 1 N–H and O–H groups in total. The monoisotopic (exact) mass is 340 g/mol. The van der Waals surface area contributed by atoms with E-state index >= 15 is 0 Å². The standard InChI is InChI=1S/C16H15Cl3N2/c17-12-8-14(19)15(9-13(12)18)21-7-6-20-10-16(21)11-4-2-1-3-5-11/h1-5,8-9,16,20H,6-7,10H2. The number of hydrogen-bond donors (Lipinski definition) is 1. The van der Waals surface area contributed by atoms with Gasteiger partial charge in [-0.2, -0.15) is 0 Å². The van der Waals surface area contributed by atoms with Crippen LogP contribution in [0.3, 0.4) is 0 Å². The van der Waals surface area contributed by atoms with Crippen LogP contribution in [0.2, 0.25) is 15.1 Å². The summed E-state index contributed by atoms with van der Waals surface area (Å²) in [6, 6.07) is 14.2. The maximum absolute atomic E-state index is 6.38. The van der Waals surface area contributed by atoms with Crippen molar-refractivity contribution in [2.45, 2.75) is 6.04 Å². The van der Waals surface area contributed by atoms with Gasteiger partial charge in [-0.05, 0) is 17.7 Å². The SMILES string of the molecule is Clc1cc(Cl)c(N2CCNCC2c2ccccc2)cc1Cl. The molecule has 1 fully saturated rings. The van der Waals surface area contributed by atoms with E-state index in [1.165, 1.54) is 5.56 Å². The van der Waals surface area contributed by atoms with Crippen LogP contribution in [0.15, 0.2) is 42.5 Å². The van der Waals surface area contributed by atoms with Crippen LogP contribution in [-0.2, 0) is 0 Å². The van der Waals surface area contributed by atoms with Crippen molar-refractivity contribution < 1.29 is 0 Å². The highest BCUT2D eigenvalue weighted by molar-refractivity contribution is 6.44. The zero-order chi connectivity index (χ0) is 14.8. The Morgan fingerprint density at radius 2 is 1.67 bits per heavy atom. The van der Waals surface area contributed by atoms with Crippen LogP contribution in [0.5, 0.6) is 0 Å². The zero-order valence-corrected chi connectivity index (χ0v) is 13.6. The van der Waals surface area contributed by atoms with Crippen LogP contribution in [0.25, 0.3) is 0 Å². The molecule has 1 unspecified atom stereocenters. The lowest BCUT2D eigenvalue weighted by molar-refractivity contribution is 0.490. The van der Waals surface area contributed by atoms with Crippen molar-refractivity contribution in [3.8, 4) is 0 Å². The molecule has 1 heterocycles. The predicted octanol–water partition coefficient (Wildman–Crippen LogP) is 4.80. The third kappa shape index (κ3) is 3.14. The van der Waals surface area contributed by atoms with E-state index in [0.717, 1.165) is 25.3 Å². The molecule has 0 aromatic heterocycles. The van der Waals surface area contributed by atoms with Gasteiger partial charge in [0.05, 0.1) is 26.8 Å². The highest BCUT2D eigenvalue weighted by Crippen LogP contribution is 2.38. The van der Waals surface area contributed by atoms with Gasteiger partial charge in [-0.25, -0.2) is 0 Å². The largest absolute Gasteiger partial charge is 0.361 e. The van der Waals surface area contributed by atoms with E-state index in [2.05, 4.69) is 34.5 Å². The second-order valence-corrected chi connectivity index (χ2v) is 6.26. The Bertz CT molecular complexity index is 631. The first-order chi connectivity index (χ1) is 10.2. The number of piperazine rings is 1. The average molecular weight is 342 g/mol. The first kappa shape index (κ1) is 15.0. The van der Waals surface area contributed by atoms with E-state index in [0.29, 0.717) is 15.1 Å². The minimum atomic E-state index is 0.231. The van der Waals surface area contributed by atoms with E-state index in [1.54, 1.807) is 6.07 Å². The van der Waals surface area contributed by atoms with Gasteiger partial charge in [0.1, 0.15) is 0 Å². The molecule has 0 aliphatic carbocycles. The molecule has 5 heteroatoms. The summed E-state index contributed by atoms with van der Waals surface area (Å²) in [4.78, 5) is 2.29. The normalized spacial score (nSPS) is 18.8. The molecular formula is C16H15Cl3N2. The quantitative estimate of drug-likeness (QED) is 0.789. The van der Waals surface area contributed by atoms with Gasteiger partial charge >= 0.3 is 0 Å². The second-order valence-electron chi connectivity index (χ2n) is 5.04. The maximum Gasteiger partial charge on any atom is 0.0668 e. The lowest BCUT2D eigenvalue weighted by Crippen LogP contribution is -2.46. The Hall–Kier alpha value is -0.930. The topological polar surface area (TPSA) is 15.3 Å². The summed E-state index contributed by atoms with van der Waals surface area (Å²) < 4.78 is 0. The van der Waals surface area contributed by atoms with Crippen LogP contribution < -0.4 is 10.2 Å². The Labute approximate surface area is 139 Å². The van der Waals surface area contributed by atoms with Gasteiger partial charge in [-0.1, -0.05) is 65.1 Å². The van der Waals surface area contributed by atoms with E-state index in [4.69, 9.17) is 34.8 Å². The number of anilines is 1. The summed E-state index contributed by atoms with van der Waals surface area (Å²) in [6.07, 6.45) is 0. The number of nitrogens with one attached hydrogen (secondary N) is 1. The average Bonchev–Trinajstić information content (AvgIpc) is 2.52. The minimum Gasteiger partial charge on any atom is -0.361 e. The molecule has 2 aromatic carbocycles. The lowest BCUT2D eigenvalue weighted by Gasteiger charge is -2.39. The Morgan fingerprint density at radius 1 is 0.952 bits per heavy atom. The van der Waals surface area contributed by atoms with Gasteiger partial charge in [-0.3, -0.25) is 0 Å². The molecule has 0 amide bonds. The minimum absolute atomic E-state index is 0.231. The first-order valence-electron chi connectivity index (χ1n) is 6.83. The molecule has 2 aromatic rings. The number of hydrogen-bond acceptors (Lipinski definition) is 2. The molecule has 0 spiro atoms. The lowest BCUT2D eigenvalue weighted by atomic mass is 10.0. The molecule has 1 saturated heterocycles. The van der Waals surface area contributed by atoms with Crippen molar-refractivity contribution in [3.63, 3.8) is 0 Å². The molecule has 1 aliphatic rings. The smallest absolute Gasteiger partial charge is 0.0668 e. The predicted molar refractivity (Wildman–Crippen MR) is 90.9 cm³/mol. The molecule has 0 radical (unpaired) electrons. The fourth-order valence-electron chi connectivity index (χ4n) is 2.70. The van der Waals surface area contributed by atoms with E-state index in [1.807, 2.05) is 12.1 Å². The van der Waals surface area contributed by atoms with Crippen LogP contribution >= 0.6 is 34.8 Å². The summed E-state index contributed by atoms with van der Waals surface area (Å²) in [7, 11) is 0. The van der Waals surface area contributed by atoms with Gasteiger partial charge < -0.3 is 10.2 Å². The van der Waals surface area contributed by atoms with Gasteiger partial charge in [-0.15, -0.1) is 0 Å². The van der Waals surface area contributed by atoms with Gasteiger partial charge in [0.25, 0.3) is 0 Å². The summed E-state index contributed by atoms with van der Waals surface area (Å²) in [5.41, 5.74) is 2.19. The van der Waals surface area contributed by atoms with Crippen molar-refractivity contribution in [1.29, 1.82) is 0 Å². The van der Waals surface area contributed by atoms with Gasteiger partial charge in [0.2, 0.25) is 0 Å². The number of nitrogens with zero attached hydrogens (tertiary/aromatic N) is 1. The molecule has 0 saturated carbocycles. The van der Waals surface area contributed by atoms with Crippen molar-refractivity contribution in [2.75, 3.05) is 24.5 Å². The van der Waals surface area contributed by atoms with E-state index in [-0.39, 0.29) is 6.04 Å². The van der Waals surface area contributed by atoms with Crippen LogP contribution in [-0.4, -0.2) is 19.6 Å². The third-order valence-corrected chi connectivity index (χ3v) is 4.75. The Balaban J connectivity index is 2.00. The molecule has 3 rings (SSSR count). The van der Waals surface area contributed by atoms with Crippen molar-refractivity contribution >= 4 is 40.5 Å². The van der Waals surface area contributed by atoms with Crippen molar-refractivity contribution in [1.82, 2.24) is 5.32 Å². The van der Waals surface area contributed by atoms with Crippen molar-refractivity contribution in [3.05, 3.63) is 63.1 Å². The Morgan fingerprint density at radius 3 is 2.43 bits per heavy atom. The molecule has 2 nitrogen and oxygen atoms in total. The molecule has 110 valence electrons. The molecule has 1 atom stereocenters. The molecule has 1 aliphatic heterocycles. The van der Waals surface area contributed by atoms with Crippen molar-refractivity contribution in [2.24, 2.45) is 0 Å². The highest BCUT2D eigenvalue weighted by Gasteiger charge is 2.26. The maximum atomic E-state index is 6.38. The summed E-state index contributed by atoms with van der Waals surface area (Å²) >= 11 is 18.6. The van der Waals surface area contributed by atoms with E-state index < -0.39 is 0 Å². The number of benzene rings is 2. The first-order valence-corrected chi connectivity index (χ1v) is 7.97. The second kappa shape index (κ2) is 6.45. The molecule has 21 heavy (non-hydrogen) atoms. The van der Waals surface area contributed by atoms with Crippen LogP contribution in [0.1, 0.15) is 11.6 Å². The summed E-state index contributed by atoms with van der Waals surface area (Å²) in [6.45, 7) is 2.66. The van der Waals surface area contributed by atoms with Gasteiger partial charge in [0.15, 0.2) is 0 Å². The molecular weight excluding hydrogens is 327 g/mol. The zero-order valence-electron chi connectivity index (χ0n) is 11.3.